The van der Waals surface area contributed by atoms with Crippen molar-refractivity contribution in [2.45, 2.75) is 38.8 Å². The number of hydrogen-bond acceptors (Lipinski definition) is 4. The maximum atomic E-state index is 12.2. The summed E-state index contributed by atoms with van der Waals surface area (Å²) >= 11 is 0. The quantitative estimate of drug-likeness (QED) is 0.562. The smallest absolute Gasteiger partial charge is 0.240 e. The Balaban J connectivity index is 2.73. The number of phenolic OH excluding ortho intramolecular Hbond substituents is 1. The first-order chi connectivity index (χ1) is 10.3. The highest BCUT2D eigenvalue weighted by Gasteiger charge is 2.24. The fourth-order valence-corrected chi connectivity index (χ4v) is 2.19. The van der Waals surface area contributed by atoms with E-state index in [4.69, 9.17) is 5.73 Å². The number of aromatic hydroxyl groups is 1. The molecule has 0 spiro atoms. The number of rotatable bonds is 8. The maximum Gasteiger partial charge on any atom is 0.240 e. The molecule has 0 bridgehead atoms. The maximum absolute atomic E-state index is 12.2. The summed E-state index contributed by atoms with van der Waals surface area (Å²) in [5, 5.41) is 14.9. The normalized spacial score (nSPS) is 13.6. The summed E-state index contributed by atoms with van der Waals surface area (Å²) in [5.41, 5.74) is 6.19. The Kier molecular flexibility index (Phi) is 6.85. The molecule has 1 aromatic carbocycles. The predicted molar refractivity (Wildman–Crippen MR) is 85.2 cm³/mol. The Morgan fingerprint density at radius 3 is 2.23 bits per heavy atom. The Bertz CT molecular complexity index is 500. The summed E-state index contributed by atoms with van der Waals surface area (Å²) in [6.45, 7) is 4.05. The first-order valence-corrected chi connectivity index (χ1v) is 7.38. The van der Waals surface area contributed by atoms with Crippen molar-refractivity contribution in [2.24, 2.45) is 11.7 Å². The van der Waals surface area contributed by atoms with Gasteiger partial charge in [0, 0.05) is 6.42 Å². The lowest BCUT2D eigenvalue weighted by atomic mass is 10.0. The van der Waals surface area contributed by atoms with Gasteiger partial charge in [0.05, 0.1) is 6.04 Å². The van der Waals surface area contributed by atoms with E-state index in [2.05, 4.69) is 10.6 Å². The van der Waals surface area contributed by atoms with Crippen molar-refractivity contribution in [3.63, 3.8) is 0 Å². The monoisotopic (exact) mass is 307 g/mol. The average Bonchev–Trinajstić information content (AvgIpc) is 2.45. The molecule has 1 aromatic rings. The summed E-state index contributed by atoms with van der Waals surface area (Å²) in [5.74, 6) is -0.317. The molecule has 0 saturated heterocycles. The van der Waals surface area contributed by atoms with Crippen molar-refractivity contribution >= 4 is 11.8 Å². The van der Waals surface area contributed by atoms with Crippen LogP contribution >= 0.6 is 0 Å². The molecule has 0 radical (unpaired) electrons. The number of likely N-dealkylation sites (N-methyl/N-ethyl adjacent to an activating group) is 1. The number of carbonyl (C=O) groups excluding carboxylic acids is 2. The Hall–Kier alpha value is -2.08. The largest absolute Gasteiger partial charge is 0.508 e. The van der Waals surface area contributed by atoms with Gasteiger partial charge in [0.1, 0.15) is 11.8 Å². The Morgan fingerprint density at radius 1 is 1.18 bits per heavy atom. The highest BCUT2D eigenvalue weighted by atomic mass is 16.3. The van der Waals surface area contributed by atoms with Gasteiger partial charge in [-0.1, -0.05) is 26.0 Å². The van der Waals surface area contributed by atoms with Crippen molar-refractivity contribution in [1.82, 2.24) is 10.6 Å². The summed E-state index contributed by atoms with van der Waals surface area (Å²) in [6, 6.07) is 5.32. The van der Waals surface area contributed by atoms with Gasteiger partial charge in [-0.2, -0.15) is 0 Å². The van der Waals surface area contributed by atoms with Gasteiger partial charge < -0.3 is 21.5 Å². The van der Waals surface area contributed by atoms with Crippen molar-refractivity contribution in [3.8, 4) is 5.75 Å². The van der Waals surface area contributed by atoms with Crippen LogP contribution in [0.1, 0.15) is 25.8 Å². The molecule has 5 N–H and O–H groups in total. The van der Waals surface area contributed by atoms with E-state index in [1.807, 2.05) is 13.8 Å². The summed E-state index contributed by atoms with van der Waals surface area (Å²) in [4.78, 5) is 23.8. The van der Waals surface area contributed by atoms with Crippen LogP contribution in [0.15, 0.2) is 24.3 Å². The molecule has 0 fully saturated rings. The van der Waals surface area contributed by atoms with E-state index in [0.717, 1.165) is 5.56 Å². The fourth-order valence-electron chi connectivity index (χ4n) is 2.19. The predicted octanol–water partition coefficient (Wildman–Crippen LogP) is 0.539. The van der Waals surface area contributed by atoms with E-state index < -0.39 is 11.9 Å². The van der Waals surface area contributed by atoms with Crippen LogP contribution in [0.3, 0.4) is 0 Å². The highest BCUT2D eigenvalue weighted by molar-refractivity contribution is 5.89. The minimum absolute atomic E-state index is 0.149. The van der Waals surface area contributed by atoms with Gasteiger partial charge in [0.25, 0.3) is 0 Å². The molecular formula is C16H25N3O3. The van der Waals surface area contributed by atoms with E-state index in [-0.39, 0.29) is 17.7 Å². The first kappa shape index (κ1) is 18.0. The molecule has 0 heterocycles. The van der Waals surface area contributed by atoms with Crippen LogP contribution in [-0.4, -0.2) is 36.1 Å². The molecule has 1 rings (SSSR count). The average molecular weight is 307 g/mol. The third-order valence-corrected chi connectivity index (χ3v) is 3.41. The van der Waals surface area contributed by atoms with Crippen molar-refractivity contribution in [2.75, 3.05) is 7.05 Å². The third-order valence-electron chi connectivity index (χ3n) is 3.41. The van der Waals surface area contributed by atoms with Gasteiger partial charge in [-0.05, 0) is 37.1 Å². The zero-order valence-corrected chi connectivity index (χ0v) is 13.3. The summed E-state index contributed by atoms with van der Waals surface area (Å²) in [6.07, 6.45) is 0.965. The second-order valence-corrected chi connectivity index (χ2v) is 5.80. The highest BCUT2D eigenvalue weighted by Crippen LogP contribution is 2.12. The number of phenols is 1. The molecule has 2 amide bonds. The molecule has 0 aliphatic rings. The standard InChI is InChI=1S/C16H25N3O3/c1-10(2)8-14(18-3)16(22)19-13(15(17)21)9-11-4-6-12(20)7-5-11/h4-7,10,13-14,18,20H,8-9H2,1-3H3,(H2,17,21)(H,19,22)/t13-,14-/m0/s1. The van der Waals surface area contributed by atoms with Crippen LogP contribution < -0.4 is 16.4 Å². The number of hydrogen-bond donors (Lipinski definition) is 4. The lowest BCUT2D eigenvalue weighted by Gasteiger charge is -2.22. The molecule has 2 atom stereocenters. The van der Waals surface area contributed by atoms with E-state index in [1.54, 1.807) is 19.2 Å². The van der Waals surface area contributed by atoms with Gasteiger partial charge in [0.15, 0.2) is 0 Å². The van der Waals surface area contributed by atoms with Crippen LogP contribution in [0, 0.1) is 5.92 Å². The van der Waals surface area contributed by atoms with E-state index in [9.17, 15) is 14.7 Å². The Labute approximate surface area is 131 Å². The molecule has 0 saturated carbocycles. The molecule has 0 aromatic heterocycles. The first-order valence-electron chi connectivity index (χ1n) is 7.38. The number of amides is 2. The molecule has 22 heavy (non-hydrogen) atoms. The van der Waals surface area contributed by atoms with Crippen molar-refractivity contribution < 1.29 is 14.7 Å². The van der Waals surface area contributed by atoms with Gasteiger partial charge in [-0.15, -0.1) is 0 Å². The molecule has 122 valence electrons. The van der Waals surface area contributed by atoms with E-state index in [1.165, 1.54) is 12.1 Å². The number of nitrogens with one attached hydrogen (secondary N) is 2. The van der Waals surface area contributed by atoms with Crippen LogP contribution in [0.4, 0.5) is 0 Å². The third kappa shape index (κ3) is 5.73. The lowest BCUT2D eigenvalue weighted by Crippen LogP contribution is -2.52. The molecule has 6 nitrogen and oxygen atoms in total. The second kappa shape index (κ2) is 8.38. The van der Waals surface area contributed by atoms with Crippen molar-refractivity contribution in [3.05, 3.63) is 29.8 Å². The summed E-state index contributed by atoms with van der Waals surface area (Å²) < 4.78 is 0. The van der Waals surface area contributed by atoms with Gasteiger partial charge in [0.2, 0.25) is 11.8 Å². The second-order valence-electron chi connectivity index (χ2n) is 5.80. The van der Waals surface area contributed by atoms with Gasteiger partial charge >= 0.3 is 0 Å². The summed E-state index contributed by atoms with van der Waals surface area (Å²) in [7, 11) is 1.71. The molecule has 0 unspecified atom stereocenters. The van der Waals surface area contributed by atoms with Crippen LogP contribution in [0.2, 0.25) is 0 Å². The van der Waals surface area contributed by atoms with Gasteiger partial charge in [-0.3, -0.25) is 9.59 Å². The van der Waals surface area contributed by atoms with E-state index in [0.29, 0.717) is 18.8 Å². The number of nitrogens with two attached hydrogens (primary N) is 1. The number of carbonyl (C=O) groups is 2. The SMILES string of the molecule is CN[C@@H](CC(C)C)C(=O)N[C@@H](Cc1ccc(O)cc1)C(N)=O. The molecule has 6 heteroatoms. The Morgan fingerprint density at radius 2 is 1.77 bits per heavy atom. The van der Waals surface area contributed by atoms with Gasteiger partial charge in [-0.25, -0.2) is 0 Å². The van der Waals surface area contributed by atoms with Crippen LogP contribution in [0.25, 0.3) is 0 Å². The molecular weight excluding hydrogens is 282 g/mol. The molecule has 0 aliphatic carbocycles. The topological polar surface area (TPSA) is 104 Å². The van der Waals surface area contributed by atoms with Crippen molar-refractivity contribution in [1.29, 1.82) is 0 Å². The van der Waals surface area contributed by atoms with E-state index >= 15 is 0 Å². The minimum atomic E-state index is -0.778. The fraction of sp³-hybridized carbons (Fsp3) is 0.500. The number of benzene rings is 1. The minimum Gasteiger partial charge on any atom is -0.508 e. The van der Waals surface area contributed by atoms with Crippen LogP contribution in [-0.2, 0) is 16.0 Å². The number of primary amides is 1. The lowest BCUT2D eigenvalue weighted by molar-refractivity contribution is -0.128. The zero-order chi connectivity index (χ0) is 16.7. The molecule has 0 aliphatic heterocycles. The van der Waals surface area contributed by atoms with Crippen LogP contribution in [0.5, 0.6) is 5.75 Å². The zero-order valence-electron chi connectivity index (χ0n) is 13.3.